The molecule has 1 fully saturated rings. The van der Waals surface area contributed by atoms with Crippen LogP contribution < -0.4 is 5.32 Å². The molecule has 0 aromatic heterocycles. The van der Waals surface area contributed by atoms with Crippen LogP contribution in [0.1, 0.15) is 62.1 Å². The van der Waals surface area contributed by atoms with E-state index < -0.39 is 6.04 Å². The normalized spacial score (nSPS) is 15.1. The Kier molecular flexibility index (Phi) is 7.99. The Balaban J connectivity index is 1.50. The minimum Gasteiger partial charge on any atom is -0.352 e. The molecule has 4 nitrogen and oxygen atoms in total. The molecule has 2 amide bonds. The molecule has 4 rings (SSSR count). The molecule has 0 aliphatic heterocycles. The van der Waals surface area contributed by atoms with E-state index in [2.05, 4.69) is 42.6 Å². The van der Waals surface area contributed by atoms with Crippen LogP contribution in [0.4, 0.5) is 0 Å². The van der Waals surface area contributed by atoms with Gasteiger partial charge in [-0.2, -0.15) is 0 Å². The van der Waals surface area contributed by atoms with Gasteiger partial charge in [0.1, 0.15) is 6.04 Å². The number of carbonyl (C=O) groups excluding carboxylic acids is 2. The Morgan fingerprint density at radius 1 is 0.912 bits per heavy atom. The lowest BCUT2D eigenvalue weighted by atomic mass is 9.95. The average molecular weight is 457 g/mol. The molecule has 1 saturated carbocycles. The third-order valence-electron chi connectivity index (χ3n) is 7.21. The summed E-state index contributed by atoms with van der Waals surface area (Å²) in [6.45, 7) is 4.37. The highest BCUT2D eigenvalue weighted by atomic mass is 16.2. The van der Waals surface area contributed by atoms with Gasteiger partial charge in [-0.05, 0) is 60.6 Å². The van der Waals surface area contributed by atoms with Crippen molar-refractivity contribution in [1.82, 2.24) is 10.2 Å². The molecule has 1 atom stereocenters. The van der Waals surface area contributed by atoms with Gasteiger partial charge in [-0.3, -0.25) is 9.59 Å². The molecule has 0 saturated heterocycles. The lowest BCUT2D eigenvalue weighted by Gasteiger charge is -2.31. The van der Waals surface area contributed by atoms with Gasteiger partial charge >= 0.3 is 0 Å². The average Bonchev–Trinajstić information content (AvgIpc) is 2.87. The van der Waals surface area contributed by atoms with E-state index in [-0.39, 0.29) is 17.9 Å². The maximum Gasteiger partial charge on any atom is 0.242 e. The number of fused-ring (bicyclic) bond motifs is 1. The molecule has 0 heterocycles. The number of aryl methyl sites for hydroxylation is 2. The maximum atomic E-state index is 13.6. The number of carbonyl (C=O) groups is 2. The summed E-state index contributed by atoms with van der Waals surface area (Å²) >= 11 is 0. The first-order valence-electron chi connectivity index (χ1n) is 12.6. The van der Waals surface area contributed by atoms with Gasteiger partial charge < -0.3 is 10.2 Å². The van der Waals surface area contributed by atoms with Crippen LogP contribution in [0.5, 0.6) is 0 Å². The molecule has 1 aliphatic rings. The van der Waals surface area contributed by atoms with Gasteiger partial charge in [0, 0.05) is 19.0 Å². The zero-order valence-electron chi connectivity index (χ0n) is 20.4. The summed E-state index contributed by atoms with van der Waals surface area (Å²) in [6, 6.07) is 22.4. The number of benzene rings is 3. The van der Waals surface area contributed by atoms with E-state index in [9.17, 15) is 9.59 Å². The molecular weight excluding hydrogens is 420 g/mol. The molecule has 178 valence electrons. The quantitative estimate of drug-likeness (QED) is 0.455. The van der Waals surface area contributed by atoms with E-state index in [4.69, 9.17) is 0 Å². The largest absolute Gasteiger partial charge is 0.352 e. The molecule has 1 N–H and O–H groups in total. The van der Waals surface area contributed by atoms with Crippen LogP contribution in [-0.4, -0.2) is 28.8 Å². The van der Waals surface area contributed by atoms with Crippen molar-refractivity contribution in [2.45, 2.75) is 77.4 Å². The van der Waals surface area contributed by atoms with E-state index in [1.54, 1.807) is 4.90 Å². The lowest BCUT2D eigenvalue weighted by Crippen LogP contribution is -2.50. The first-order valence-corrected chi connectivity index (χ1v) is 12.6. The topological polar surface area (TPSA) is 49.4 Å². The second-order valence-electron chi connectivity index (χ2n) is 9.61. The van der Waals surface area contributed by atoms with Crippen molar-refractivity contribution in [2.75, 3.05) is 0 Å². The molecule has 3 aromatic carbocycles. The number of hydrogen-bond acceptors (Lipinski definition) is 2. The summed E-state index contributed by atoms with van der Waals surface area (Å²) in [6.07, 6.45) is 6.67. The van der Waals surface area contributed by atoms with Crippen LogP contribution in [0.15, 0.2) is 66.7 Å². The van der Waals surface area contributed by atoms with Gasteiger partial charge in [0.15, 0.2) is 0 Å². The molecular formula is C30H36N2O2. The van der Waals surface area contributed by atoms with Crippen LogP contribution in [0.25, 0.3) is 10.8 Å². The van der Waals surface area contributed by atoms with Gasteiger partial charge in [-0.15, -0.1) is 0 Å². The summed E-state index contributed by atoms with van der Waals surface area (Å²) in [4.78, 5) is 28.5. The fourth-order valence-electron chi connectivity index (χ4n) is 5.02. The maximum absolute atomic E-state index is 13.6. The van der Waals surface area contributed by atoms with E-state index in [1.165, 1.54) is 22.8 Å². The Labute approximate surface area is 203 Å². The summed E-state index contributed by atoms with van der Waals surface area (Å²) in [5.41, 5.74) is 3.38. The molecule has 0 spiro atoms. The zero-order chi connectivity index (χ0) is 23.9. The third-order valence-corrected chi connectivity index (χ3v) is 7.21. The van der Waals surface area contributed by atoms with Crippen LogP contribution >= 0.6 is 0 Å². The van der Waals surface area contributed by atoms with Crippen LogP contribution in [0.3, 0.4) is 0 Å². The number of hydrogen-bond donors (Lipinski definition) is 1. The minimum absolute atomic E-state index is 0.0162. The van der Waals surface area contributed by atoms with Crippen molar-refractivity contribution in [3.63, 3.8) is 0 Å². The molecule has 34 heavy (non-hydrogen) atoms. The fraction of sp³-hybridized carbons (Fsp3) is 0.400. The van der Waals surface area contributed by atoms with Crippen molar-refractivity contribution < 1.29 is 9.59 Å². The van der Waals surface area contributed by atoms with Crippen molar-refractivity contribution in [3.05, 3.63) is 83.4 Å². The second-order valence-corrected chi connectivity index (χ2v) is 9.61. The summed E-state index contributed by atoms with van der Waals surface area (Å²) in [7, 11) is 0. The van der Waals surface area contributed by atoms with E-state index in [1.807, 2.05) is 43.3 Å². The predicted octanol–water partition coefficient (Wildman–Crippen LogP) is 5.95. The van der Waals surface area contributed by atoms with Crippen LogP contribution in [0, 0.1) is 6.92 Å². The van der Waals surface area contributed by atoms with Gasteiger partial charge in [-0.1, -0.05) is 86.0 Å². The molecule has 1 unspecified atom stereocenters. The van der Waals surface area contributed by atoms with Crippen molar-refractivity contribution >= 4 is 22.6 Å². The zero-order valence-corrected chi connectivity index (χ0v) is 20.4. The molecule has 1 aliphatic carbocycles. The third kappa shape index (κ3) is 5.85. The highest BCUT2D eigenvalue weighted by molar-refractivity contribution is 5.89. The van der Waals surface area contributed by atoms with Gasteiger partial charge in [0.05, 0.1) is 0 Å². The highest BCUT2D eigenvalue weighted by Crippen LogP contribution is 2.22. The standard InChI is InChI=1S/C30H36N2O2/c1-22-11-6-7-13-26(22)21-32(23(2)30(34)31-27-16-4-3-5-17-27)29(33)20-19-25-15-10-14-24-12-8-9-18-28(24)25/h6-15,18,23,27H,3-5,16-17,19-21H2,1-2H3,(H,31,34). The lowest BCUT2D eigenvalue weighted by molar-refractivity contribution is -0.141. The monoisotopic (exact) mass is 456 g/mol. The molecule has 0 radical (unpaired) electrons. The fourth-order valence-corrected chi connectivity index (χ4v) is 5.02. The first-order chi connectivity index (χ1) is 16.5. The van der Waals surface area contributed by atoms with Gasteiger partial charge in [0.25, 0.3) is 0 Å². The number of nitrogens with zero attached hydrogens (tertiary/aromatic N) is 1. The SMILES string of the molecule is Cc1ccccc1CN(C(=O)CCc1cccc2ccccc12)C(C)C(=O)NC1CCCCC1. The summed E-state index contributed by atoms with van der Waals surface area (Å²) in [5.74, 6) is -0.0264. The second kappa shape index (κ2) is 11.3. The summed E-state index contributed by atoms with van der Waals surface area (Å²) < 4.78 is 0. The Hall–Kier alpha value is -3.14. The molecule has 0 bridgehead atoms. The Bertz CT molecular complexity index is 1130. The molecule has 3 aromatic rings. The van der Waals surface area contributed by atoms with E-state index >= 15 is 0 Å². The van der Waals surface area contributed by atoms with Gasteiger partial charge in [0.2, 0.25) is 11.8 Å². The van der Waals surface area contributed by atoms with Crippen molar-refractivity contribution in [1.29, 1.82) is 0 Å². The van der Waals surface area contributed by atoms with Crippen LogP contribution in [0.2, 0.25) is 0 Å². The van der Waals surface area contributed by atoms with E-state index in [0.717, 1.165) is 36.8 Å². The smallest absolute Gasteiger partial charge is 0.242 e. The highest BCUT2D eigenvalue weighted by Gasteiger charge is 2.28. The summed E-state index contributed by atoms with van der Waals surface area (Å²) in [5, 5.41) is 5.59. The predicted molar refractivity (Wildman–Crippen MR) is 138 cm³/mol. The number of amides is 2. The number of rotatable bonds is 8. The minimum atomic E-state index is -0.512. The number of nitrogens with one attached hydrogen (secondary N) is 1. The van der Waals surface area contributed by atoms with Crippen molar-refractivity contribution in [2.24, 2.45) is 0 Å². The molecule has 4 heteroatoms. The van der Waals surface area contributed by atoms with Crippen LogP contribution in [-0.2, 0) is 22.6 Å². The van der Waals surface area contributed by atoms with E-state index in [0.29, 0.717) is 19.4 Å². The first kappa shape index (κ1) is 24.0. The Morgan fingerprint density at radius 2 is 1.59 bits per heavy atom. The Morgan fingerprint density at radius 3 is 2.38 bits per heavy atom. The van der Waals surface area contributed by atoms with Gasteiger partial charge in [-0.25, -0.2) is 0 Å². The van der Waals surface area contributed by atoms with Crippen molar-refractivity contribution in [3.8, 4) is 0 Å².